The zero-order chi connectivity index (χ0) is 23.6. The molecule has 10 nitrogen and oxygen atoms in total. The zero-order valence-corrected chi connectivity index (χ0v) is 18.7. The second-order valence-corrected chi connectivity index (χ2v) is 7.02. The van der Waals surface area contributed by atoms with E-state index in [1.165, 1.54) is 7.11 Å². The first-order valence-corrected chi connectivity index (χ1v) is 10.4. The van der Waals surface area contributed by atoms with Gasteiger partial charge in [0.05, 0.1) is 13.7 Å². The van der Waals surface area contributed by atoms with E-state index in [2.05, 4.69) is 27.9 Å². The topological polar surface area (TPSA) is 125 Å². The number of aromatic nitrogens is 2. The second-order valence-electron chi connectivity index (χ2n) is 7.02. The van der Waals surface area contributed by atoms with Gasteiger partial charge in [-0.3, -0.25) is 20.4 Å². The van der Waals surface area contributed by atoms with Crippen LogP contribution in [-0.2, 0) is 6.61 Å². The number of aryl methyl sites for hydroxylation is 1. The highest BCUT2D eigenvalue weighted by Crippen LogP contribution is 2.28. The number of nitrogens with one attached hydrogen (secondary N) is 2. The van der Waals surface area contributed by atoms with Gasteiger partial charge in [-0.2, -0.15) is 4.98 Å². The molecule has 0 unspecified atom stereocenters. The molecular formula is C23H26N4O6. The third kappa shape index (κ3) is 6.70. The van der Waals surface area contributed by atoms with E-state index in [4.69, 9.17) is 18.7 Å². The van der Waals surface area contributed by atoms with Crippen LogP contribution in [0.25, 0.3) is 0 Å². The van der Waals surface area contributed by atoms with E-state index in [-0.39, 0.29) is 6.61 Å². The van der Waals surface area contributed by atoms with Crippen molar-refractivity contribution in [1.29, 1.82) is 0 Å². The van der Waals surface area contributed by atoms with E-state index in [1.54, 1.807) is 49.4 Å². The summed E-state index contributed by atoms with van der Waals surface area (Å²) in [6.07, 6.45) is 1.93. The van der Waals surface area contributed by atoms with Crippen LogP contribution < -0.4 is 25.1 Å². The fourth-order valence-electron chi connectivity index (χ4n) is 2.76. The monoisotopic (exact) mass is 454 g/mol. The van der Waals surface area contributed by atoms with Crippen LogP contribution in [0, 0.1) is 6.92 Å². The first kappa shape index (κ1) is 23.6. The highest BCUT2D eigenvalue weighted by atomic mass is 16.5. The molecule has 0 aliphatic carbocycles. The summed E-state index contributed by atoms with van der Waals surface area (Å²) in [5, 5.41) is 3.74. The number of amides is 2. The molecule has 0 atom stereocenters. The molecule has 0 bridgehead atoms. The molecule has 174 valence electrons. The van der Waals surface area contributed by atoms with E-state index in [1.807, 2.05) is 0 Å². The Morgan fingerprint density at radius 3 is 2.30 bits per heavy atom. The van der Waals surface area contributed by atoms with E-state index < -0.39 is 11.8 Å². The van der Waals surface area contributed by atoms with Crippen LogP contribution >= 0.6 is 0 Å². The molecule has 1 heterocycles. The molecule has 3 aromatic rings. The number of rotatable bonds is 10. The van der Waals surface area contributed by atoms with Gasteiger partial charge in [0.2, 0.25) is 11.7 Å². The van der Waals surface area contributed by atoms with E-state index >= 15 is 0 Å². The van der Waals surface area contributed by atoms with Crippen molar-refractivity contribution in [2.45, 2.75) is 33.3 Å². The van der Waals surface area contributed by atoms with Gasteiger partial charge in [0.25, 0.3) is 11.8 Å². The maximum absolute atomic E-state index is 12.4. The third-order valence-corrected chi connectivity index (χ3v) is 4.52. The Balaban J connectivity index is 1.51. The predicted molar refractivity (Wildman–Crippen MR) is 118 cm³/mol. The maximum Gasteiger partial charge on any atom is 0.269 e. The normalized spacial score (nSPS) is 10.4. The Hall–Kier alpha value is -4.08. The van der Waals surface area contributed by atoms with E-state index in [0.717, 1.165) is 12.8 Å². The number of nitrogens with zero attached hydrogens (tertiary/aromatic N) is 2. The molecule has 0 radical (unpaired) electrons. The highest BCUT2D eigenvalue weighted by Gasteiger charge is 2.13. The molecule has 2 N–H and O–H groups in total. The number of hydrogen-bond donors (Lipinski definition) is 2. The molecule has 0 aliphatic rings. The van der Waals surface area contributed by atoms with E-state index in [0.29, 0.717) is 46.7 Å². The molecule has 0 saturated heterocycles. The molecular weight excluding hydrogens is 428 g/mol. The van der Waals surface area contributed by atoms with Crippen molar-refractivity contribution < 1.29 is 28.3 Å². The minimum absolute atomic E-state index is 0.144. The lowest BCUT2D eigenvalue weighted by Crippen LogP contribution is -2.41. The van der Waals surface area contributed by atoms with Gasteiger partial charge in [-0.15, -0.1) is 0 Å². The van der Waals surface area contributed by atoms with Crippen LogP contribution in [0.15, 0.2) is 47.0 Å². The Kier molecular flexibility index (Phi) is 8.23. The lowest BCUT2D eigenvalue weighted by Gasteiger charge is -2.12. The van der Waals surface area contributed by atoms with Gasteiger partial charge in [0.15, 0.2) is 18.1 Å². The Labute approximate surface area is 191 Å². The number of benzene rings is 2. The Bertz CT molecular complexity index is 1080. The smallest absolute Gasteiger partial charge is 0.269 e. The van der Waals surface area contributed by atoms with Crippen molar-refractivity contribution in [1.82, 2.24) is 21.0 Å². The Morgan fingerprint density at radius 2 is 1.67 bits per heavy atom. The molecule has 2 aromatic carbocycles. The molecule has 0 fully saturated rings. The summed E-state index contributed by atoms with van der Waals surface area (Å²) in [5.74, 6) is 1.45. The third-order valence-electron chi connectivity index (χ3n) is 4.52. The standard InChI is InChI=1S/C23H26N4O6/c1-4-5-12-31-19-11-8-17(13-20(19)30-3)23(29)26-25-22(28)16-6-9-18(10-7-16)32-14-21-24-15(2)33-27-21/h6-11,13H,4-5,12,14H2,1-3H3,(H,25,28)(H,26,29). The predicted octanol–water partition coefficient (Wildman–Crippen LogP) is 3.22. The number of carbonyl (C=O) groups is 2. The molecule has 0 spiro atoms. The zero-order valence-electron chi connectivity index (χ0n) is 18.7. The Morgan fingerprint density at radius 1 is 0.970 bits per heavy atom. The lowest BCUT2D eigenvalue weighted by atomic mass is 10.2. The van der Waals surface area contributed by atoms with Crippen LogP contribution in [-0.4, -0.2) is 35.7 Å². The van der Waals surface area contributed by atoms with Crippen molar-refractivity contribution in [2.75, 3.05) is 13.7 Å². The largest absolute Gasteiger partial charge is 0.493 e. The summed E-state index contributed by atoms with van der Waals surface area (Å²) in [4.78, 5) is 28.8. The molecule has 3 rings (SSSR count). The maximum atomic E-state index is 12.4. The van der Waals surface area contributed by atoms with Gasteiger partial charge >= 0.3 is 0 Å². The average molecular weight is 454 g/mol. The quantitative estimate of drug-likeness (QED) is 0.353. The van der Waals surface area contributed by atoms with Gasteiger partial charge < -0.3 is 18.7 Å². The summed E-state index contributed by atoms with van der Waals surface area (Å²) in [6.45, 7) is 4.47. The molecule has 1 aromatic heterocycles. The van der Waals surface area contributed by atoms with Gasteiger partial charge in [-0.05, 0) is 48.9 Å². The van der Waals surface area contributed by atoms with Crippen molar-refractivity contribution in [3.05, 3.63) is 65.3 Å². The van der Waals surface area contributed by atoms with Gasteiger partial charge in [-0.25, -0.2) is 0 Å². The van der Waals surface area contributed by atoms with Gasteiger partial charge in [0, 0.05) is 18.1 Å². The molecule has 0 saturated carbocycles. The number of carbonyl (C=O) groups excluding carboxylic acids is 2. The van der Waals surface area contributed by atoms with Crippen molar-refractivity contribution in [3.8, 4) is 17.2 Å². The van der Waals surface area contributed by atoms with Crippen LogP contribution in [0.3, 0.4) is 0 Å². The molecule has 33 heavy (non-hydrogen) atoms. The van der Waals surface area contributed by atoms with Crippen LogP contribution in [0.4, 0.5) is 0 Å². The minimum Gasteiger partial charge on any atom is -0.493 e. The van der Waals surface area contributed by atoms with Crippen molar-refractivity contribution in [2.24, 2.45) is 0 Å². The minimum atomic E-state index is -0.489. The lowest BCUT2D eigenvalue weighted by molar-refractivity contribution is 0.0846. The first-order chi connectivity index (χ1) is 16.0. The van der Waals surface area contributed by atoms with Crippen LogP contribution in [0.1, 0.15) is 52.2 Å². The number of methoxy groups -OCH3 is 1. The number of hydrazine groups is 1. The summed E-state index contributed by atoms with van der Waals surface area (Å²) in [7, 11) is 1.50. The number of hydrogen-bond acceptors (Lipinski definition) is 8. The van der Waals surface area contributed by atoms with Crippen LogP contribution in [0.2, 0.25) is 0 Å². The van der Waals surface area contributed by atoms with Gasteiger partial charge in [0.1, 0.15) is 5.75 Å². The SMILES string of the molecule is CCCCOc1ccc(C(=O)NNC(=O)c2ccc(OCc3noc(C)n3)cc2)cc1OC. The average Bonchev–Trinajstić information content (AvgIpc) is 3.26. The van der Waals surface area contributed by atoms with Crippen molar-refractivity contribution >= 4 is 11.8 Å². The summed E-state index contributed by atoms with van der Waals surface area (Å²) in [6, 6.07) is 11.2. The van der Waals surface area contributed by atoms with Gasteiger partial charge in [-0.1, -0.05) is 18.5 Å². The number of ether oxygens (including phenoxy) is 3. The highest BCUT2D eigenvalue weighted by molar-refractivity contribution is 5.99. The first-order valence-electron chi connectivity index (χ1n) is 10.4. The fourth-order valence-corrected chi connectivity index (χ4v) is 2.76. The molecule has 0 aliphatic heterocycles. The number of unbranched alkanes of at least 4 members (excludes halogenated alkanes) is 1. The van der Waals surface area contributed by atoms with E-state index in [9.17, 15) is 9.59 Å². The summed E-state index contributed by atoms with van der Waals surface area (Å²) < 4.78 is 21.4. The fraction of sp³-hybridized carbons (Fsp3) is 0.304. The molecule has 10 heteroatoms. The summed E-state index contributed by atoms with van der Waals surface area (Å²) >= 11 is 0. The summed E-state index contributed by atoms with van der Waals surface area (Å²) in [5.41, 5.74) is 5.44. The molecule has 2 amide bonds. The van der Waals surface area contributed by atoms with Crippen LogP contribution in [0.5, 0.6) is 17.2 Å². The van der Waals surface area contributed by atoms with Crippen molar-refractivity contribution in [3.63, 3.8) is 0 Å². The second kappa shape index (κ2) is 11.5.